The van der Waals surface area contributed by atoms with Crippen molar-refractivity contribution < 1.29 is 4.39 Å². The lowest BCUT2D eigenvalue weighted by Gasteiger charge is -2.21. The Bertz CT molecular complexity index is 1510. The van der Waals surface area contributed by atoms with Crippen LogP contribution in [0.15, 0.2) is 72.9 Å². The van der Waals surface area contributed by atoms with E-state index in [4.69, 9.17) is 10.7 Å². The van der Waals surface area contributed by atoms with Gasteiger partial charge in [0.1, 0.15) is 17.7 Å². The van der Waals surface area contributed by atoms with E-state index in [-0.39, 0.29) is 5.82 Å². The second kappa shape index (κ2) is 9.18. The van der Waals surface area contributed by atoms with Crippen LogP contribution in [0, 0.1) is 12.7 Å². The molecule has 0 radical (unpaired) electrons. The van der Waals surface area contributed by atoms with Crippen molar-refractivity contribution in [2.24, 2.45) is 7.05 Å². The van der Waals surface area contributed by atoms with Gasteiger partial charge in [-0.1, -0.05) is 48.9 Å². The molecule has 2 heterocycles. The van der Waals surface area contributed by atoms with E-state index >= 15 is 4.39 Å². The lowest BCUT2D eigenvalue weighted by Crippen LogP contribution is -2.19. The number of benzene rings is 3. The average Bonchev–Trinajstić information content (AvgIpc) is 3.25. The molecule has 7 heteroatoms. The molecule has 3 aromatic carbocycles. The van der Waals surface area contributed by atoms with Crippen LogP contribution in [-0.2, 0) is 13.5 Å². The van der Waals surface area contributed by atoms with Gasteiger partial charge in [-0.25, -0.2) is 14.4 Å². The lowest BCUT2D eigenvalue weighted by molar-refractivity contribution is 0.590. The first-order valence-corrected chi connectivity index (χ1v) is 11.6. The normalized spacial score (nSPS) is 12.1. The van der Waals surface area contributed by atoms with Gasteiger partial charge in [-0.05, 0) is 54.6 Å². The Morgan fingerprint density at radius 3 is 2.60 bits per heavy atom. The van der Waals surface area contributed by atoms with Crippen LogP contribution in [0.4, 0.5) is 15.9 Å². The fourth-order valence-electron chi connectivity index (χ4n) is 4.25. The van der Waals surface area contributed by atoms with Crippen molar-refractivity contribution in [1.29, 1.82) is 0 Å². The van der Waals surface area contributed by atoms with E-state index < -0.39 is 6.04 Å². The van der Waals surface area contributed by atoms with Gasteiger partial charge >= 0.3 is 0 Å². The van der Waals surface area contributed by atoms with Crippen molar-refractivity contribution in [3.8, 4) is 11.4 Å². The number of fused-ring (bicyclic) bond motifs is 1. The number of nitrogens with two attached hydrogens (primary N) is 1. The van der Waals surface area contributed by atoms with E-state index in [1.54, 1.807) is 10.9 Å². The molecule has 0 fully saturated rings. The monoisotopic (exact) mass is 466 g/mol. The van der Waals surface area contributed by atoms with Gasteiger partial charge in [0.05, 0.1) is 0 Å². The number of nitrogen functional groups attached to an aromatic ring is 1. The first kappa shape index (κ1) is 22.5. The molecule has 1 atom stereocenters. The van der Waals surface area contributed by atoms with Crippen LogP contribution >= 0.6 is 0 Å². The minimum absolute atomic E-state index is 0.297. The van der Waals surface area contributed by atoms with Crippen molar-refractivity contribution in [1.82, 2.24) is 19.7 Å². The fraction of sp³-hybridized carbons (Fsp3) is 0.179. The number of aryl methyl sites for hydroxylation is 3. The summed E-state index contributed by atoms with van der Waals surface area (Å²) in [4.78, 5) is 9.01. The first-order chi connectivity index (χ1) is 16.9. The molecule has 0 saturated heterocycles. The highest BCUT2D eigenvalue weighted by atomic mass is 19.1. The highest BCUT2D eigenvalue weighted by Crippen LogP contribution is 2.31. The largest absolute Gasteiger partial charge is 0.383 e. The summed E-state index contributed by atoms with van der Waals surface area (Å²) in [5, 5.41) is 9.97. The number of anilines is 2. The maximum absolute atomic E-state index is 15.2. The van der Waals surface area contributed by atoms with Gasteiger partial charge in [-0.15, -0.1) is 0 Å². The zero-order valence-electron chi connectivity index (χ0n) is 20.0. The average molecular weight is 467 g/mol. The summed E-state index contributed by atoms with van der Waals surface area (Å²) in [7, 11) is 1.84. The molecule has 6 nitrogen and oxygen atoms in total. The number of nitrogens with zero attached hydrogens (tertiary/aromatic N) is 4. The summed E-state index contributed by atoms with van der Waals surface area (Å²) in [5.41, 5.74) is 10.5. The molecule has 0 aliphatic heterocycles. The second-order valence-electron chi connectivity index (χ2n) is 8.70. The number of hydrogen-bond acceptors (Lipinski definition) is 5. The Kier molecular flexibility index (Phi) is 5.91. The van der Waals surface area contributed by atoms with Crippen molar-refractivity contribution >= 4 is 22.3 Å². The minimum Gasteiger partial charge on any atom is -0.383 e. The van der Waals surface area contributed by atoms with Crippen molar-refractivity contribution in [2.75, 3.05) is 11.1 Å². The van der Waals surface area contributed by atoms with Crippen LogP contribution in [0.5, 0.6) is 0 Å². The molecule has 3 N–H and O–H groups in total. The quantitative estimate of drug-likeness (QED) is 0.329. The van der Waals surface area contributed by atoms with E-state index in [0.29, 0.717) is 23.0 Å². The van der Waals surface area contributed by atoms with Gasteiger partial charge in [0, 0.05) is 35.4 Å². The summed E-state index contributed by atoms with van der Waals surface area (Å²) in [6, 6.07) is 20.5. The predicted molar refractivity (Wildman–Crippen MR) is 139 cm³/mol. The van der Waals surface area contributed by atoms with Crippen LogP contribution in [0.3, 0.4) is 0 Å². The van der Waals surface area contributed by atoms with Crippen LogP contribution < -0.4 is 11.1 Å². The SMILES string of the molecule is CCc1ccc(F)c(C(Nc2ccc3c(N)nccc3c2)c2nc(-c3ccc(C)cc3)nn2C)c1. The molecule has 0 saturated carbocycles. The molecule has 0 spiro atoms. The van der Waals surface area contributed by atoms with Crippen molar-refractivity contribution in [3.05, 3.63) is 101 Å². The van der Waals surface area contributed by atoms with Gasteiger partial charge in [0.25, 0.3) is 0 Å². The molecule has 0 bridgehead atoms. The molecular formula is C28H27FN6. The van der Waals surface area contributed by atoms with Crippen LogP contribution in [0.2, 0.25) is 0 Å². The van der Waals surface area contributed by atoms with E-state index in [1.807, 2.05) is 74.6 Å². The van der Waals surface area contributed by atoms with E-state index in [1.165, 1.54) is 6.07 Å². The van der Waals surface area contributed by atoms with Gasteiger partial charge in [0.15, 0.2) is 11.6 Å². The maximum atomic E-state index is 15.2. The van der Waals surface area contributed by atoms with Crippen LogP contribution in [0.25, 0.3) is 22.2 Å². The summed E-state index contributed by atoms with van der Waals surface area (Å²) in [6.45, 7) is 4.09. The highest BCUT2D eigenvalue weighted by Gasteiger charge is 2.25. The fourth-order valence-corrected chi connectivity index (χ4v) is 4.25. The number of aromatic nitrogens is 4. The molecule has 5 aromatic rings. The molecular weight excluding hydrogens is 439 g/mol. The number of halogens is 1. The van der Waals surface area contributed by atoms with Crippen molar-refractivity contribution in [2.45, 2.75) is 26.3 Å². The Hall–Kier alpha value is -4.26. The third-order valence-electron chi connectivity index (χ3n) is 6.25. The number of hydrogen-bond donors (Lipinski definition) is 2. The maximum Gasteiger partial charge on any atom is 0.181 e. The third kappa shape index (κ3) is 4.45. The molecule has 5 rings (SSSR count). The smallest absolute Gasteiger partial charge is 0.181 e. The molecule has 35 heavy (non-hydrogen) atoms. The molecule has 0 aliphatic carbocycles. The van der Waals surface area contributed by atoms with Gasteiger partial charge in [0.2, 0.25) is 0 Å². The minimum atomic E-state index is -0.560. The Balaban J connectivity index is 1.62. The Morgan fingerprint density at radius 1 is 1.03 bits per heavy atom. The molecule has 0 amide bonds. The number of nitrogens with one attached hydrogen (secondary N) is 1. The zero-order chi connectivity index (χ0) is 24.5. The third-order valence-corrected chi connectivity index (χ3v) is 6.25. The second-order valence-corrected chi connectivity index (χ2v) is 8.70. The Morgan fingerprint density at radius 2 is 1.83 bits per heavy atom. The zero-order valence-corrected chi connectivity index (χ0v) is 20.0. The lowest BCUT2D eigenvalue weighted by atomic mass is 10.0. The standard InChI is InChI=1S/C28H27FN6/c1-4-18-7-12-24(29)23(15-18)25(32-21-10-11-22-20(16-21)13-14-31-26(22)30)28-33-27(34-35(28)3)19-8-5-17(2)6-9-19/h5-16,25,32H,4H2,1-3H3,(H2,30,31). The van der Waals surface area contributed by atoms with Crippen LogP contribution in [-0.4, -0.2) is 19.7 Å². The highest BCUT2D eigenvalue weighted by molar-refractivity contribution is 5.92. The topological polar surface area (TPSA) is 81.7 Å². The summed E-state index contributed by atoms with van der Waals surface area (Å²) in [6.07, 6.45) is 2.48. The number of rotatable bonds is 6. The van der Waals surface area contributed by atoms with E-state index in [0.717, 1.165) is 39.6 Å². The summed E-state index contributed by atoms with van der Waals surface area (Å²) < 4.78 is 17.0. The Labute approximate surface area is 203 Å². The molecule has 1 unspecified atom stereocenters. The van der Waals surface area contributed by atoms with Crippen LogP contribution in [0.1, 0.15) is 35.5 Å². The molecule has 0 aliphatic rings. The van der Waals surface area contributed by atoms with Gasteiger partial charge in [-0.3, -0.25) is 4.68 Å². The van der Waals surface area contributed by atoms with Gasteiger partial charge in [-0.2, -0.15) is 5.10 Å². The molecule has 2 aromatic heterocycles. The van der Waals surface area contributed by atoms with Crippen molar-refractivity contribution in [3.63, 3.8) is 0 Å². The van der Waals surface area contributed by atoms with Gasteiger partial charge < -0.3 is 11.1 Å². The van der Waals surface area contributed by atoms with E-state index in [9.17, 15) is 0 Å². The predicted octanol–water partition coefficient (Wildman–Crippen LogP) is 5.82. The summed E-state index contributed by atoms with van der Waals surface area (Å²) in [5.74, 6) is 1.39. The molecule has 176 valence electrons. The first-order valence-electron chi connectivity index (χ1n) is 11.6. The van der Waals surface area contributed by atoms with E-state index in [2.05, 4.69) is 22.3 Å². The number of pyridine rings is 1. The summed E-state index contributed by atoms with van der Waals surface area (Å²) >= 11 is 0.